The van der Waals surface area contributed by atoms with Gasteiger partial charge in [0.25, 0.3) is 0 Å². The Morgan fingerprint density at radius 3 is 2.00 bits per heavy atom. The first-order valence-corrected chi connectivity index (χ1v) is 4.52. The van der Waals surface area contributed by atoms with Gasteiger partial charge >= 0.3 is 0 Å². The molecule has 0 bridgehead atoms. The van der Waals surface area contributed by atoms with Crippen LogP contribution in [0, 0.1) is 0 Å². The van der Waals surface area contributed by atoms with E-state index in [-0.39, 0.29) is 10.0 Å². The first kappa shape index (κ1) is 9.82. The van der Waals surface area contributed by atoms with Crippen LogP contribution >= 0.6 is 59.0 Å². The Balaban J connectivity index is 3.46. The van der Waals surface area contributed by atoms with E-state index in [0.29, 0.717) is 14.9 Å². The number of hydrogen-bond acceptors (Lipinski definition) is 1. The summed E-state index contributed by atoms with van der Waals surface area (Å²) in [6, 6.07) is 1.50. The molecule has 0 aliphatic rings. The second kappa shape index (κ2) is 3.63. The van der Waals surface area contributed by atoms with Gasteiger partial charge in [0.1, 0.15) is 0 Å². The molecule has 0 unspecified atom stereocenters. The van der Waals surface area contributed by atoms with Crippen molar-refractivity contribution in [2.75, 3.05) is 0 Å². The molecule has 0 atom stereocenters. The van der Waals surface area contributed by atoms with Crippen LogP contribution in [0.3, 0.4) is 0 Å². The maximum absolute atomic E-state index is 5.71. The van der Waals surface area contributed by atoms with Crippen LogP contribution in [-0.4, -0.2) is 0 Å². The summed E-state index contributed by atoms with van der Waals surface area (Å²) in [6.07, 6.45) is 0. The van der Waals surface area contributed by atoms with E-state index in [0.717, 1.165) is 0 Å². The molecule has 0 nitrogen and oxygen atoms in total. The topological polar surface area (TPSA) is 0 Å². The third-order valence-corrected chi connectivity index (χ3v) is 3.38. The highest BCUT2D eigenvalue weighted by Crippen LogP contribution is 2.38. The van der Waals surface area contributed by atoms with Gasteiger partial charge in [-0.1, -0.05) is 46.4 Å². The first-order valence-electron chi connectivity index (χ1n) is 2.56. The highest BCUT2D eigenvalue weighted by atomic mass is 35.5. The van der Waals surface area contributed by atoms with Gasteiger partial charge in [-0.15, -0.1) is 12.6 Å². The monoisotopic (exact) mass is 246 g/mol. The molecule has 1 aromatic rings. The normalized spacial score (nSPS) is 10.3. The number of halogens is 4. The van der Waals surface area contributed by atoms with Crippen LogP contribution in [-0.2, 0) is 0 Å². The molecule has 0 heterocycles. The van der Waals surface area contributed by atoms with E-state index >= 15 is 0 Å². The molecule has 1 aromatic carbocycles. The van der Waals surface area contributed by atoms with Crippen LogP contribution in [0.1, 0.15) is 0 Å². The summed E-state index contributed by atoms with van der Waals surface area (Å²) in [5.74, 6) is 0. The van der Waals surface area contributed by atoms with Gasteiger partial charge in [-0.3, -0.25) is 0 Å². The van der Waals surface area contributed by atoms with Gasteiger partial charge in [0.05, 0.1) is 20.1 Å². The van der Waals surface area contributed by atoms with Gasteiger partial charge in [0.2, 0.25) is 0 Å². The van der Waals surface area contributed by atoms with Crippen molar-refractivity contribution >= 4 is 59.0 Å². The van der Waals surface area contributed by atoms with Gasteiger partial charge in [0.15, 0.2) is 0 Å². The lowest BCUT2D eigenvalue weighted by Gasteiger charge is -2.03. The molecule has 0 fully saturated rings. The van der Waals surface area contributed by atoms with Crippen molar-refractivity contribution in [1.82, 2.24) is 0 Å². The van der Waals surface area contributed by atoms with Crippen LogP contribution in [0.15, 0.2) is 11.0 Å². The molecule has 11 heavy (non-hydrogen) atoms. The molecule has 0 aliphatic carbocycles. The summed E-state index contributed by atoms with van der Waals surface area (Å²) in [7, 11) is 0. The molecule has 0 saturated heterocycles. The number of thiol groups is 1. The van der Waals surface area contributed by atoms with Crippen molar-refractivity contribution < 1.29 is 0 Å². The van der Waals surface area contributed by atoms with Gasteiger partial charge in [-0.05, 0) is 6.07 Å². The highest BCUT2D eigenvalue weighted by molar-refractivity contribution is 7.80. The van der Waals surface area contributed by atoms with Crippen molar-refractivity contribution in [2.45, 2.75) is 4.90 Å². The van der Waals surface area contributed by atoms with Crippen LogP contribution in [0.4, 0.5) is 0 Å². The number of benzene rings is 1. The van der Waals surface area contributed by atoms with Gasteiger partial charge in [-0.25, -0.2) is 0 Å². The smallest absolute Gasteiger partial charge is 0.0790 e. The molecule has 0 radical (unpaired) electrons. The zero-order valence-corrected chi connectivity index (χ0v) is 8.95. The zero-order valence-electron chi connectivity index (χ0n) is 5.04. The summed E-state index contributed by atoms with van der Waals surface area (Å²) in [4.78, 5) is 0.447. The summed E-state index contributed by atoms with van der Waals surface area (Å²) in [5.41, 5.74) is 0. The minimum absolute atomic E-state index is 0.280. The second-order valence-electron chi connectivity index (χ2n) is 1.82. The Morgan fingerprint density at radius 2 is 1.45 bits per heavy atom. The van der Waals surface area contributed by atoms with E-state index in [1.165, 1.54) is 6.07 Å². The van der Waals surface area contributed by atoms with Crippen LogP contribution in [0.2, 0.25) is 20.1 Å². The quantitative estimate of drug-likeness (QED) is 0.387. The molecule has 5 heteroatoms. The predicted octanol–water partition coefficient (Wildman–Crippen LogP) is 4.59. The highest BCUT2D eigenvalue weighted by Gasteiger charge is 2.09. The fourth-order valence-corrected chi connectivity index (χ4v) is 1.71. The molecule has 60 valence electrons. The third kappa shape index (κ3) is 1.90. The lowest BCUT2D eigenvalue weighted by molar-refractivity contribution is 1.47. The predicted molar refractivity (Wildman–Crippen MR) is 53.7 cm³/mol. The van der Waals surface area contributed by atoms with E-state index in [4.69, 9.17) is 46.4 Å². The molecular formula is C6H2Cl4S. The Hall–Kier alpha value is 0.730. The summed E-state index contributed by atoms with van der Waals surface area (Å²) in [5, 5.41) is 1.29. The standard InChI is InChI=1S/C6H2Cl4S/c7-2-1-3(8)6(11)5(10)4(2)9/h1,11H. The van der Waals surface area contributed by atoms with Gasteiger partial charge < -0.3 is 0 Å². The largest absolute Gasteiger partial charge is 0.140 e. The Bertz CT molecular complexity index is 271. The molecule has 0 aromatic heterocycles. The molecule has 0 amide bonds. The van der Waals surface area contributed by atoms with E-state index < -0.39 is 0 Å². The van der Waals surface area contributed by atoms with E-state index in [1.54, 1.807) is 0 Å². The van der Waals surface area contributed by atoms with E-state index in [9.17, 15) is 0 Å². The lowest BCUT2D eigenvalue weighted by atomic mass is 10.3. The van der Waals surface area contributed by atoms with Crippen LogP contribution in [0.25, 0.3) is 0 Å². The van der Waals surface area contributed by atoms with Crippen LogP contribution in [0.5, 0.6) is 0 Å². The summed E-state index contributed by atoms with van der Waals surface area (Å²) >= 11 is 26.8. The van der Waals surface area contributed by atoms with E-state index in [1.807, 2.05) is 0 Å². The molecule has 0 aliphatic heterocycles. The maximum atomic E-state index is 5.71. The Kier molecular flexibility index (Phi) is 3.24. The average Bonchev–Trinajstić information content (AvgIpc) is 1.97. The summed E-state index contributed by atoms with van der Waals surface area (Å²) < 4.78 is 0. The van der Waals surface area contributed by atoms with Gasteiger partial charge in [0, 0.05) is 4.90 Å². The second-order valence-corrected chi connectivity index (χ2v) is 3.83. The zero-order chi connectivity index (χ0) is 8.59. The average molecular weight is 248 g/mol. The minimum atomic E-state index is 0.280. The maximum Gasteiger partial charge on any atom is 0.0790 e. The number of rotatable bonds is 0. The fraction of sp³-hybridized carbons (Fsp3) is 0. The van der Waals surface area contributed by atoms with Crippen molar-refractivity contribution in [2.24, 2.45) is 0 Å². The Morgan fingerprint density at radius 1 is 0.909 bits per heavy atom. The SMILES string of the molecule is Sc1c(Cl)cc(Cl)c(Cl)c1Cl. The molecule has 1 rings (SSSR count). The minimum Gasteiger partial charge on any atom is -0.140 e. The molecular weight excluding hydrogens is 246 g/mol. The number of hydrogen-bond donors (Lipinski definition) is 1. The fourth-order valence-electron chi connectivity index (χ4n) is 0.557. The van der Waals surface area contributed by atoms with Gasteiger partial charge in [-0.2, -0.15) is 0 Å². The lowest BCUT2D eigenvalue weighted by Crippen LogP contribution is -1.76. The summed E-state index contributed by atoms with van der Waals surface area (Å²) in [6.45, 7) is 0. The third-order valence-electron chi connectivity index (χ3n) is 1.09. The van der Waals surface area contributed by atoms with Crippen molar-refractivity contribution in [1.29, 1.82) is 0 Å². The van der Waals surface area contributed by atoms with Crippen molar-refractivity contribution in [3.8, 4) is 0 Å². The Labute approximate surface area is 89.8 Å². The van der Waals surface area contributed by atoms with Crippen LogP contribution < -0.4 is 0 Å². The van der Waals surface area contributed by atoms with E-state index in [2.05, 4.69) is 12.6 Å². The first-order chi connectivity index (χ1) is 5.04. The molecule has 0 saturated carbocycles. The van der Waals surface area contributed by atoms with Crippen molar-refractivity contribution in [3.63, 3.8) is 0 Å². The molecule has 0 N–H and O–H groups in total. The van der Waals surface area contributed by atoms with Crippen molar-refractivity contribution in [3.05, 3.63) is 26.2 Å². The molecule has 0 spiro atoms.